The van der Waals surface area contributed by atoms with Crippen molar-refractivity contribution in [1.29, 1.82) is 0 Å². The maximum atomic E-state index is 12.4. The number of hydrogen-bond acceptors (Lipinski definition) is 4. The molecule has 18 heavy (non-hydrogen) atoms. The van der Waals surface area contributed by atoms with Crippen LogP contribution >= 0.6 is 11.3 Å². The number of thiazole rings is 1. The Morgan fingerprint density at radius 2 is 2.06 bits per heavy atom. The summed E-state index contributed by atoms with van der Waals surface area (Å²) in [5.74, 6) is -1.24. The van der Waals surface area contributed by atoms with Gasteiger partial charge in [-0.3, -0.25) is 4.79 Å². The maximum Gasteiger partial charge on any atom is 0.427 e. The first-order chi connectivity index (χ1) is 8.38. The number of alkyl halides is 3. The highest BCUT2D eigenvalue weighted by molar-refractivity contribution is 7.15. The summed E-state index contributed by atoms with van der Waals surface area (Å²) < 4.78 is 37.2. The topological polar surface area (TPSA) is 53.4 Å². The van der Waals surface area contributed by atoms with Crippen LogP contribution in [-0.4, -0.2) is 29.1 Å². The van der Waals surface area contributed by atoms with Gasteiger partial charge in [-0.2, -0.15) is 13.2 Å². The molecule has 0 amide bonds. The zero-order valence-electron chi connectivity index (χ0n) is 9.28. The van der Waals surface area contributed by atoms with E-state index in [1.165, 1.54) is 0 Å². The first kappa shape index (κ1) is 13.1. The van der Waals surface area contributed by atoms with Gasteiger partial charge in [0.05, 0.1) is 12.1 Å². The van der Waals surface area contributed by atoms with E-state index in [0.717, 1.165) is 6.20 Å². The zero-order chi connectivity index (χ0) is 13.3. The lowest BCUT2D eigenvalue weighted by Crippen LogP contribution is -2.36. The van der Waals surface area contributed by atoms with E-state index >= 15 is 0 Å². The molecule has 1 aliphatic heterocycles. The second-order valence-corrected chi connectivity index (χ2v) is 5.11. The van der Waals surface area contributed by atoms with Crippen molar-refractivity contribution < 1.29 is 23.1 Å². The molecule has 2 rings (SSSR count). The molecule has 0 aliphatic carbocycles. The van der Waals surface area contributed by atoms with E-state index < -0.39 is 22.9 Å². The normalized spacial score (nSPS) is 18.1. The van der Waals surface area contributed by atoms with Crippen LogP contribution in [0.25, 0.3) is 0 Å². The number of nitrogens with zero attached hydrogens (tertiary/aromatic N) is 2. The van der Waals surface area contributed by atoms with Gasteiger partial charge in [0.1, 0.15) is 4.88 Å². The Hall–Kier alpha value is -1.31. The Morgan fingerprint density at radius 3 is 2.50 bits per heavy atom. The number of aromatic nitrogens is 1. The van der Waals surface area contributed by atoms with Crippen molar-refractivity contribution in [2.24, 2.45) is 5.92 Å². The van der Waals surface area contributed by atoms with Gasteiger partial charge in [0.25, 0.3) is 0 Å². The Bertz CT molecular complexity index is 439. The SMILES string of the molecule is O=C(O)C1CCN(c2ncc(C(F)(F)F)s2)CC1. The van der Waals surface area contributed by atoms with Crippen molar-refractivity contribution >= 4 is 22.4 Å². The number of carboxylic acid groups (broad SMARTS) is 1. The molecule has 0 saturated carbocycles. The number of halogens is 3. The summed E-state index contributed by atoms with van der Waals surface area (Å²) in [5, 5.41) is 9.14. The molecule has 0 atom stereocenters. The molecule has 0 spiro atoms. The number of anilines is 1. The van der Waals surface area contributed by atoms with Crippen molar-refractivity contribution in [3.63, 3.8) is 0 Å². The van der Waals surface area contributed by atoms with Gasteiger partial charge in [-0.15, -0.1) is 0 Å². The standard InChI is InChI=1S/C10H11F3N2O2S/c11-10(12,13)7-5-14-9(18-7)15-3-1-6(2-4-15)8(16)17/h5-6H,1-4H2,(H,16,17). The van der Waals surface area contributed by atoms with Gasteiger partial charge >= 0.3 is 12.1 Å². The summed E-state index contributed by atoms with van der Waals surface area (Å²) in [5.41, 5.74) is 0. The second-order valence-electron chi connectivity index (χ2n) is 4.10. The quantitative estimate of drug-likeness (QED) is 0.904. The summed E-state index contributed by atoms with van der Waals surface area (Å²) in [4.78, 5) is 15.5. The molecule has 1 aromatic heterocycles. The summed E-state index contributed by atoms with van der Waals surface area (Å²) in [6.07, 6.45) is -2.66. The molecule has 4 nitrogen and oxygen atoms in total. The first-order valence-electron chi connectivity index (χ1n) is 5.38. The predicted molar refractivity (Wildman–Crippen MR) is 59.7 cm³/mol. The molecule has 1 saturated heterocycles. The minimum atomic E-state index is -4.37. The molecule has 100 valence electrons. The zero-order valence-corrected chi connectivity index (χ0v) is 10.1. The van der Waals surface area contributed by atoms with Gasteiger partial charge in [-0.1, -0.05) is 11.3 Å². The molecule has 0 bridgehead atoms. The van der Waals surface area contributed by atoms with Crippen LogP contribution in [0.5, 0.6) is 0 Å². The number of carbonyl (C=O) groups is 1. The van der Waals surface area contributed by atoms with Crippen molar-refractivity contribution in [3.8, 4) is 0 Å². The van der Waals surface area contributed by atoms with Crippen LogP contribution in [0, 0.1) is 5.92 Å². The lowest BCUT2D eigenvalue weighted by Gasteiger charge is -2.29. The third kappa shape index (κ3) is 2.74. The molecule has 0 radical (unpaired) electrons. The van der Waals surface area contributed by atoms with Gasteiger partial charge in [-0.25, -0.2) is 4.98 Å². The highest BCUT2D eigenvalue weighted by atomic mass is 32.1. The number of aliphatic carboxylic acids is 1. The van der Waals surface area contributed by atoms with E-state index in [1.54, 1.807) is 4.90 Å². The summed E-state index contributed by atoms with van der Waals surface area (Å²) in [6, 6.07) is 0. The Labute approximate surface area is 105 Å². The van der Waals surface area contributed by atoms with Crippen LogP contribution < -0.4 is 4.90 Å². The molecule has 1 aliphatic rings. The van der Waals surface area contributed by atoms with Crippen molar-refractivity contribution in [1.82, 2.24) is 4.98 Å². The monoisotopic (exact) mass is 280 g/mol. The molecular weight excluding hydrogens is 269 g/mol. The highest BCUT2D eigenvalue weighted by Crippen LogP contribution is 2.37. The largest absolute Gasteiger partial charge is 0.481 e. The van der Waals surface area contributed by atoms with Crippen molar-refractivity contribution in [3.05, 3.63) is 11.1 Å². The maximum absolute atomic E-state index is 12.4. The van der Waals surface area contributed by atoms with E-state index in [-0.39, 0.29) is 0 Å². The molecular formula is C10H11F3N2O2S. The van der Waals surface area contributed by atoms with Crippen LogP contribution in [0.15, 0.2) is 6.20 Å². The molecule has 1 N–H and O–H groups in total. The van der Waals surface area contributed by atoms with Gasteiger partial charge in [-0.05, 0) is 12.8 Å². The van der Waals surface area contributed by atoms with E-state index in [1.807, 2.05) is 0 Å². The van der Waals surface area contributed by atoms with Crippen LogP contribution in [0.3, 0.4) is 0 Å². The minimum absolute atomic E-state index is 0.311. The lowest BCUT2D eigenvalue weighted by atomic mass is 9.98. The molecule has 1 fully saturated rings. The number of piperidine rings is 1. The van der Waals surface area contributed by atoms with Crippen LogP contribution in [0.1, 0.15) is 17.7 Å². The molecule has 2 heterocycles. The van der Waals surface area contributed by atoms with E-state index in [4.69, 9.17) is 5.11 Å². The fourth-order valence-corrected chi connectivity index (χ4v) is 2.69. The van der Waals surface area contributed by atoms with Crippen LogP contribution in [0.4, 0.5) is 18.3 Å². The van der Waals surface area contributed by atoms with Crippen LogP contribution in [0.2, 0.25) is 0 Å². The number of carboxylic acids is 1. The third-order valence-corrected chi connectivity index (χ3v) is 3.99. The van der Waals surface area contributed by atoms with Gasteiger partial charge in [0.2, 0.25) is 0 Å². The molecule has 0 aromatic carbocycles. The smallest absolute Gasteiger partial charge is 0.427 e. The Kier molecular flexibility index (Phi) is 3.47. The fraction of sp³-hybridized carbons (Fsp3) is 0.600. The average Bonchev–Trinajstić information content (AvgIpc) is 2.78. The Morgan fingerprint density at radius 1 is 1.44 bits per heavy atom. The highest BCUT2D eigenvalue weighted by Gasteiger charge is 2.34. The van der Waals surface area contributed by atoms with Crippen molar-refractivity contribution in [2.75, 3.05) is 18.0 Å². The van der Waals surface area contributed by atoms with Gasteiger partial charge in [0, 0.05) is 13.1 Å². The van der Waals surface area contributed by atoms with Crippen LogP contribution in [-0.2, 0) is 11.0 Å². The minimum Gasteiger partial charge on any atom is -0.481 e. The van der Waals surface area contributed by atoms with E-state index in [2.05, 4.69) is 4.98 Å². The summed E-state index contributed by atoms with van der Waals surface area (Å²) >= 11 is 0.598. The summed E-state index contributed by atoms with van der Waals surface area (Å²) in [6.45, 7) is 0.865. The molecule has 1 aromatic rings. The average molecular weight is 280 g/mol. The summed E-state index contributed by atoms with van der Waals surface area (Å²) in [7, 11) is 0. The van der Waals surface area contributed by atoms with Crippen molar-refractivity contribution in [2.45, 2.75) is 19.0 Å². The third-order valence-electron chi connectivity index (χ3n) is 2.89. The van der Waals surface area contributed by atoms with Gasteiger partial charge < -0.3 is 10.0 Å². The predicted octanol–water partition coefficient (Wildman–Crippen LogP) is 2.46. The van der Waals surface area contributed by atoms with E-state index in [0.29, 0.717) is 42.4 Å². The lowest BCUT2D eigenvalue weighted by molar-refractivity contribution is -0.142. The second kappa shape index (κ2) is 4.75. The Balaban J connectivity index is 2.02. The van der Waals surface area contributed by atoms with Gasteiger partial charge in [0.15, 0.2) is 5.13 Å². The van der Waals surface area contributed by atoms with E-state index in [9.17, 15) is 18.0 Å². The fourth-order valence-electron chi connectivity index (χ4n) is 1.86. The molecule has 0 unspecified atom stereocenters. The first-order valence-corrected chi connectivity index (χ1v) is 6.20. The molecule has 8 heteroatoms. The number of rotatable bonds is 2. The number of hydrogen-bond donors (Lipinski definition) is 1.